The molecule has 0 aliphatic carbocycles. The van der Waals surface area contributed by atoms with Crippen LogP contribution in [-0.4, -0.2) is 31.1 Å². The zero-order valence-corrected chi connectivity index (χ0v) is 16.6. The molecule has 3 N–H and O–H groups in total. The van der Waals surface area contributed by atoms with Crippen LogP contribution in [0.1, 0.15) is 15.9 Å². The summed E-state index contributed by atoms with van der Waals surface area (Å²) >= 11 is 0. The number of aromatic nitrogens is 1. The maximum Gasteiger partial charge on any atom is 0.319 e. The third-order valence-electron chi connectivity index (χ3n) is 4.25. The van der Waals surface area contributed by atoms with Gasteiger partial charge in [-0.1, -0.05) is 0 Å². The minimum absolute atomic E-state index is 0.282. The van der Waals surface area contributed by atoms with E-state index in [2.05, 4.69) is 20.9 Å². The molecule has 1 aromatic heterocycles. The molecule has 30 heavy (non-hydrogen) atoms. The van der Waals surface area contributed by atoms with Crippen LogP contribution in [0.5, 0.6) is 11.5 Å². The van der Waals surface area contributed by atoms with E-state index in [0.29, 0.717) is 35.0 Å². The average Bonchev–Trinajstić information content (AvgIpc) is 2.78. The van der Waals surface area contributed by atoms with E-state index in [0.717, 1.165) is 5.56 Å². The summed E-state index contributed by atoms with van der Waals surface area (Å²) in [5, 5.41) is 8.29. The molecule has 0 aliphatic rings. The molecule has 0 saturated carbocycles. The molecule has 3 aromatic rings. The number of urea groups is 1. The van der Waals surface area contributed by atoms with E-state index in [-0.39, 0.29) is 11.9 Å². The van der Waals surface area contributed by atoms with Gasteiger partial charge in [0.2, 0.25) is 0 Å². The van der Waals surface area contributed by atoms with Crippen LogP contribution in [-0.2, 0) is 6.54 Å². The second-order valence-corrected chi connectivity index (χ2v) is 6.26. The van der Waals surface area contributed by atoms with Crippen molar-refractivity contribution in [2.24, 2.45) is 0 Å². The summed E-state index contributed by atoms with van der Waals surface area (Å²) in [5.74, 6) is 0.816. The summed E-state index contributed by atoms with van der Waals surface area (Å²) < 4.78 is 10.4. The van der Waals surface area contributed by atoms with E-state index in [1.165, 1.54) is 7.11 Å². The highest BCUT2D eigenvalue weighted by Gasteiger charge is 2.10. The van der Waals surface area contributed by atoms with Crippen molar-refractivity contribution >= 4 is 23.3 Å². The van der Waals surface area contributed by atoms with Gasteiger partial charge in [0.1, 0.15) is 0 Å². The minimum Gasteiger partial charge on any atom is -0.493 e. The number of carbonyl (C=O) groups is 2. The first-order valence-corrected chi connectivity index (χ1v) is 9.16. The largest absolute Gasteiger partial charge is 0.493 e. The van der Waals surface area contributed by atoms with Crippen molar-refractivity contribution in [2.75, 3.05) is 24.9 Å². The molecule has 0 bridgehead atoms. The number of anilines is 2. The Morgan fingerprint density at radius 2 is 1.50 bits per heavy atom. The third-order valence-corrected chi connectivity index (χ3v) is 4.25. The predicted octanol–water partition coefficient (Wildman–Crippen LogP) is 3.67. The Morgan fingerprint density at radius 1 is 0.833 bits per heavy atom. The number of rotatable bonds is 7. The number of hydrogen-bond acceptors (Lipinski definition) is 5. The number of methoxy groups -OCH3 is 2. The average molecular weight is 406 g/mol. The Bertz CT molecular complexity index is 1010. The van der Waals surface area contributed by atoms with Gasteiger partial charge in [0, 0.05) is 41.9 Å². The van der Waals surface area contributed by atoms with Gasteiger partial charge in [-0.3, -0.25) is 9.78 Å². The van der Waals surface area contributed by atoms with Gasteiger partial charge in [0.15, 0.2) is 11.5 Å². The van der Waals surface area contributed by atoms with Crippen molar-refractivity contribution in [2.45, 2.75) is 6.54 Å². The molecule has 0 saturated heterocycles. The van der Waals surface area contributed by atoms with E-state index < -0.39 is 0 Å². The van der Waals surface area contributed by atoms with Gasteiger partial charge >= 0.3 is 6.03 Å². The zero-order chi connectivity index (χ0) is 21.3. The number of nitrogens with zero attached hydrogens (tertiary/aromatic N) is 1. The maximum atomic E-state index is 12.5. The smallest absolute Gasteiger partial charge is 0.319 e. The maximum absolute atomic E-state index is 12.5. The van der Waals surface area contributed by atoms with E-state index in [9.17, 15) is 9.59 Å². The number of ether oxygens (including phenoxy) is 2. The first-order chi connectivity index (χ1) is 14.6. The molecular formula is C22H22N4O4. The fraction of sp³-hybridized carbons (Fsp3) is 0.136. The summed E-state index contributed by atoms with van der Waals surface area (Å²) in [6.07, 6.45) is 3.33. The van der Waals surface area contributed by atoms with Crippen LogP contribution < -0.4 is 25.4 Å². The summed E-state index contributed by atoms with van der Waals surface area (Å²) in [7, 11) is 3.08. The number of pyridine rings is 1. The highest BCUT2D eigenvalue weighted by molar-refractivity contribution is 6.04. The summed E-state index contributed by atoms with van der Waals surface area (Å²) in [5.41, 5.74) is 2.55. The van der Waals surface area contributed by atoms with E-state index in [4.69, 9.17) is 9.47 Å². The number of amides is 3. The standard InChI is InChI=1S/C22H22N4O4/c1-29-19-8-7-18(13-20(19)30-2)25-21(27)16-3-5-17(6-4-16)26-22(28)24-14-15-9-11-23-12-10-15/h3-13H,14H2,1-2H3,(H,25,27)(H2,24,26,28). The van der Waals surface area contributed by atoms with Gasteiger partial charge in [-0.15, -0.1) is 0 Å². The van der Waals surface area contributed by atoms with Gasteiger partial charge in [-0.05, 0) is 54.1 Å². The van der Waals surface area contributed by atoms with Gasteiger partial charge in [0.05, 0.1) is 14.2 Å². The molecule has 0 radical (unpaired) electrons. The van der Waals surface area contributed by atoms with Gasteiger partial charge in [-0.25, -0.2) is 4.79 Å². The van der Waals surface area contributed by atoms with Crippen molar-refractivity contribution in [3.05, 3.63) is 78.1 Å². The lowest BCUT2D eigenvalue weighted by Gasteiger charge is -2.11. The highest BCUT2D eigenvalue weighted by Crippen LogP contribution is 2.29. The predicted molar refractivity (Wildman–Crippen MR) is 114 cm³/mol. The van der Waals surface area contributed by atoms with Crippen molar-refractivity contribution < 1.29 is 19.1 Å². The van der Waals surface area contributed by atoms with Crippen LogP contribution in [0.3, 0.4) is 0 Å². The number of carbonyl (C=O) groups excluding carboxylic acids is 2. The van der Waals surface area contributed by atoms with Crippen LogP contribution in [0.2, 0.25) is 0 Å². The molecule has 0 spiro atoms. The van der Waals surface area contributed by atoms with Gasteiger partial charge in [-0.2, -0.15) is 0 Å². The molecule has 3 amide bonds. The Hall–Kier alpha value is -4.07. The molecule has 3 rings (SSSR count). The number of benzene rings is 2. The summed E-state index contributed by atoms with van der Waals surface area (Å²) in [6.45, 7) is 0.389. The Balaban J connectivity index is 1.55. The lowest BCUT2D eigenvalue weighted by atomic mass is 10.2. The molecular weight excluding hydrogens is 384 g/mol. The molecule has 1 heterocycles. The van der Waals surface area contributed by atoms with Gasteiger partial charge in [0.25, 0.3) is 5.91 Å². The van der Waals surface area contributed by atoms with Crippen molar-refractivity contribution in [3.63, 3.8) is 0 Å². The molecule has 8 nitrogen and oxygen atoms in total. The monoisotopic (exact) mass is 406 g/mol. The van der Waals surface area contributed by atoms with Gasteiger partial charge < -0.3 is 25.4 Å². The molecule has 0 fully saturated rings. The number of hydrogen-bond donors (Lipinski definition) is 3. The minimum atomic E-state index is -0.339. The molecule has 8 heteroatoms. The first kappa shape index (κ1) is 20.7. The van der Waals surface area contributed by atoms with Crippen LogP contribution >= 0.6 is 0 Å². The fourth-order valence-electron chi connectivity index (χ4n) is 2.68. The Morgan fingerprint density at radius 3 is 2.17 bits per heavy atom. The van der Waals surface area contributed by atoms with Crippen LogP contribution in [0.4, 0.5) is 16.2 Å². The van der Waals surface area contributed by atoms with Crippen LogP contribution in [0.15, 0.2) is 67.0 Å². The van der Waals surface area contributed by atoms with Crippen molar-refractivity contribution in [3.8, 4) is 11.5 Å². The molecule has 2 aromatic carbocycles. The Kier molecular flexibility index (Phi) is 6.83. The SMILES string of the molecule is COc1ccc(NC(=O)c2ccc(NC(=O)NCc3ccncc3)cc2)cc1OC. The van der Waals surface area contributed by atoms with Crippen LogP contribution in [0, 0.1) is 0 Å². The topological polar surface area (TPSA) is 102 Å². The summed E-state index contributed by atoms with van der Waals surface area (Å²) in [4.78, 5) is 28.4. The molecule has 0 aliphatic heterocycles. The highest BCUT2D eigenvalue weighted by atomic mass is 16.5. The lowest BCUT2D eigenvalue weighted by Crippen LogP contribution is -2.28. The number of nitrogens with one attached hydrogen (secondary N) is 3. The molecule has 0 atom stereocenters. The normalized spacial score (nSPS) is 10.1. The van der Waals surface area contributed by atoms with Crippen LogP contribution in [0.25, 0.3) is 0 Å². The van der Waals surface area contributed by atoms with E-state index >= 15 is 0 Å². The van der Waals surface area contributed by atoms with Crippen molar-refractivity contribution in [1.29, 1.82) is 0 Å². The second kappa shape index (κ2) is 9.92. The fourth-order valence-corrected chi connectivity index (χ4v) is 2.68. The zero-order valence-electron chi connectivity index (χ0n) is 16.6. The quantitative estimate of drug-likeness (QED) is 0.556. The van der Waals surface area contributed by atoms with E-state index in [1.807, 2.05) is 12.1 Å². The third kappa shape index (κ3) is 5.48. The first-order valence-electron chi connectivity index (χ1n) is 9.16. The molecule has 0 unspecified atom stereocenters. The lowest BCUT2D eigenvalue weighted by molar-refractivity contribution is 0.102. The Labute approximate surface area is 174 Å². The second-order valence-electron chi connectivity index (χ2n) is 6.26. The van der Waals surface area contributed by atoms with E-state index in [1.54, 1.807) is 62.0 Å². The summed E-state index contributed by atoms with van der Waals surface area (Å²) in [6, 6.07) is 15.0. The van der Waals surface area contributed by atoms with Crippen molar-refractivity contribution in [1.82, 2.24) is 10.3 Å². The molecule has 154 valence electrons.